The molecule has 2 rings (SSSR count). The maximum atomic E-state index is 10.5. The predicted octanol–water partition coefficient (Wildman–Crippen LogP) is 1.15. The average Bonchev–Trinajstić information content (AvgIpc) is 2.77. The van der Waals surface area contributed by atoms with Crippen LogP contribution in [0.2, 0.25) is 0 Å². The van der Waals surface area contributed by atoms with Gasteiger partial charge in [-0.15, -0.1) is 0 Å². The van der Waals surface area contributed by atoms with Gasteiger partial charge in [0.2, 0.25) is 5.88 Å². The first-order valence-electron chi connectivity index (χ1n) is 4.78. The molecule has 0 atom stereocenters. The third kappa shape index (κ3) is 2.08. The number of rotatable bonds is 4. The highest BCUT2D eigenvalue weighted by Crippen LogP contribution is 2.14. The van der Waals surface area contributed by atoms with Gasteiger partial charge < -0.3 is 9.30 Å². The zero-order valence-corrected chi connectivity index (χ0v) is 8.83. The molecule has 2 aromatic heterocycles. The van der Waals surface area contributed by atoms with Crippen molar-refractivity contribution in [1.29, 1.82) is 0 Å². The van der Waals surface area contributed by atoms with E-state index in [0.717, 1.165) is 11.8 Å². The highest BCUT2D eigenvalue weighted by molar-refractivity contribution is 5.70. The van der Waals surface area contributed by atoms with E-state index in [1.807, 2.05) is 16.7 Å². The van der Waals surface area contributed by atoms with Crippen LogP contribution in [-0.2, 0) is 6.54 Å². The third-order valence-electron chi connectivity index (χ3n) is 2.17. The van der Waals surface area contributed by atoms with Gasteiger partial charge in [-0.3, -0.25) is 4.79 Å². The minimum absolute atomic E-state index is 0.419. The van der Waals surface area contributed by atoms with Gasteiger partial charge in [-0.1, -0.05) is 6.07 Å². The van der Waals surface area contributed by atoms with Crippen molar-refractivity contribution in [2.75, 3.05) is 7.11 Å². The molecule has 0 amide bonds. The number of carbonyl (C=O) groups is 1. The van der Waals surface area contributed by atoms with Gasteiger partial charge in [0.05, 0.1) is 20.0 Å². The van der Waals surface area contributed by atoms with E-state index in [4.69, 9.17) is 4.74 Å². The van der Waals surface area contributed by atoms with Crippen molar-refractivity contribution in [3.05, 3.63) is 42.1 Å². The van der Waals surface area contributed by atoms with E-state index >= 15 is 0 Å². The molecule has 5 heteroatoms. The molecule has 0 aromatic carbocycles. The Hall–Kier alpha value is -2.17. The lowest BCUT2D eigenvalue weighted by Gasteiger charge is -2.06. The molecule has 2 heterocycles. The molecule has 0 aliphatic rings. The second-order valence-corrected chi connectivity index (χ2v) is 3.26. The average molecular weight is 217 g/mol. The van der Waals surface area contributed by atoms with Crippen LogP contribution in [-0.4, -0.2) is 27.9 Å². The summed E-state index contributed by atoms with van der Waals surface area (Å²) in [7, 11) is 1.58. The summed E-state index contributed by atoms with van der Waals surface area (Å²) in [4.78, 5) is 18.5. The molecule has 0 saturated carbocycles. The molecule has 2 aromatic rings. The number of carbonyl (C=O) groups excluding carboxylic acids is 1. The van der Waals surface area contributed by atoms with Gasteiger partial charge in [-0.25, -0.2) is 9.97 Å². The number of aldehydes is 1. The smallest absolute Gasteiger partial charge is 0.218 e. The number of ether oxygens (including phenoxy) is 1. The number of hydrogen-bond donors (Lipinski definition) is 0. The fraction of sp³-hybridized carbons (Fsp3) is 0.182. The Morgan fingerprint density at radius 1 is 1.50 bits per heavy atom. The van der Waals surface area contributed by atoms with Gasteiger partial charge in [-0.2, -0.15) is 0 Å². The number of imidazole rings is 1. The molecule has 5 nitrogen and oxygen atoms in total. The maximum absolute atomic E-state index is 10.5. The second kappa shape index (κ2) is 4.57. The lowest BCUT2D eigenvalue weighted by Crippen LogP contribution is -2.00. The van der Waals surface area contributed by atoms with Crippen LogP contribution >= 0.6 is 0 Å². The molecule has 0 bridgehead atoms. The largest absolute Gasteiger partial charge is 0.481 e. The number of nitrogens with zero attached hydrogens (tertiary/aromatic N) is 3. The van der Waals surface area contributed by atoms with Crippen molar-refractivity contribution in [2.24, 2.45) is 0 Å². The van der Waals surface area contributed by atoms with Crippen molar-refractivity contribution in [3.63, 3.8) is 0 Å². The van der Waals surface area contributed by atoms with E-state index in [2.05, 4.69) is 9.97 Å². The Balaban J connectivity index is 2.22. The van der Waals surface area contributed by atoms with Crippen molar-refractivity contribution >= 4 is 6.29 Å². The molecule has 0 N–H and O–H groups in total. The fourth-order valence-corrected chi connectivity index (χ4v) is 1.45. The van der Waals surface area contributed by atoms with E-state index in [0.29, 0.717) is 18.1 Å². The molecule has 0 radical (unpaired) electrons. The first-order valence-corrected chi connectivity index (χ1v) is 4.78. The molecule has 0 fully saturated rings. The zero-order valence-electron chi connectivity index (χ0n) is 8.83. The normalized spacial score (nSPS) is 10.1. The molecule has 16 heavy (non-hydrogen) atoms. The summed E-state index contributed by atoms with van der Waals surface area (Å²) >= 11 is 0. The molecule has 0 unspecified atom stereocenters. The van der Waals surface area contributed by atoms with Crippen molar-refractivity contribution in [2.45, 2.75) is 6.54 Å². The zero-order chi connectivity index (χ0) is 11.4. The Morgan fingerprint density at radius 3 is 3.06 bits per heavy atom. The summed E-state index contributed by atoms with van der Waals surface area (Å²) < 4.78 is 6.95. The van der Waals surface area contributed by atoms with E-state index in [1.165, 1.54) is 0 Å². The van der Waals surface area contributed by atoms with Crippen molar-refractivity contribution in [3.8, 4) is 5.88 Å². The summed E-state index contributed by atoms with van der Waals surface area (Å²) in [5.74, 6) is 0.587. The van der Waals surface area contributed by atoms with Crippen LogP contribution in [0, 0.1) is 0 Å². The van der Waals surface area contributed by atoms with Crippen LogP contribution in [0.25, 0.3) is 0 Å². The Bertz CT molecular complexity index is 493. The van der Waals surface area contributed by atoms with Crippen LogP contribution in [0.4, 0.5) is 0 Å². The summed E-state index contributed by atoms with van der Waals surface area (Å²) in [6.07, 6.45) is 5.68. The van der Waals surface area contributed by atoms with Gasteiger partial charge in [0.15, 0.2) is 6.29 Å². The first-order chi connectivity index (χ1) is 7.83. The van der Waals surface area contributed by atoms with Crippen molar-refractivity contribution < 1.29 is 9.53 Å². The van der Waals surface area contributed by atoms with Crippen LogP contribution < -0.4 is 4.74 Å². The maximum Gasteiger partial charge on any atom is 0.218 e. The van der Waals surface area contributed by atoms with Gasteiger partial charge in [0.25, 0.3) is 0 Å². The lowest BCUT2D eigenvalue weighted by atomic mass is 10.2. The monoisotopic (exact) mass is 217 g/mol. The van der Waals surface area contributed by atoms with E-state index < -0.39 is 0 Å². The Labute approximate surface area is 92.7 Å². The molecule has 0 saturated heterocycles. The summed E-state index contributed by atoms with van der Waals surface area (Å²) in [6.45, 7) is 0.581. The molecule has 0 aliphatic heterocycles. The quantitative estimate of drug-likeness (QED) is 0.721. The topological polar surface area (TPSA) is 57.0 Å². The van der Waals surface area contributed by atoms with Gasteiger partial charge in [0, 0.05) is 18.0 Å². The third-order valence-corrected chi connectivity index (χ3v) is 2.17. The second-order valence-electron chi connectivity index (χ2n) is 3.26. The lowest BCUT2D eigenvalue weighted by molar-refractivity contribution is 0.111. The van der Waals surface area contributed by atoms with Crippen molar-refractivity contribution in [1.82, 2.24) is 14.5 Å². The van der Waals surface area contributed by atoms with Crippen LogP contribution in [0.15, 0.2) is 30.9 Å². The standard InChI is InChI=1S/C11H11N3O2/c1-16-11-9(3-2-4-12-11)5-14-6-10(7-15)13-8-14/h2-4,6-8H,5H2,1H3. The van der Waals surface area contributed by atoms with Crippen LogP contribution in [0.1, 0.15) is 16.1 Å². The number of aromatic nitrogens is 3. The molecule has 0 spiro atoms. The van der Waals surface area contributed by atoms with Gasteiger partial charge in [-0.05, 0) is 6.07 Å². The highest BCUT2D eigenvalue weighted by Gasteiger charge is 2.04. The number of methoxy groups -OCH3 is 1. The van der Waals surface area contributed by atoms with E-state index in [-0.39, 0.29) is 0 Å². The summed E-state index contributed by atoms with van der Waals surface area (Å²) in [6, 6.07) is 3.77. The Kier molecular flexibility index (Phi) is 2.95. The predicted molar refractivity (Wildman–Crippen MR) is 57.5 cm³/mol. The minimum Gasteiger partial charge on any atom is -0.481 e. The van der Waals surface area contributed by atoms with Crippen LogP contribution in [0.3, 0.4) is 0 Å². The van der Waals surface area contributed by atoms with E-state index in [1.54, 1.807) is 25.8 Å². The SMILES string of the molecule is COc1ncccc1Cn1cnc(C=O)c1. The summed E-state index contributed by atoms with van der Waals surface area (Å²) in [5, 5.41) is 0. The molecular formula is C11H11N3O2. The first kappa shape index (κ1) is 10.4. The highest BCUT2D eigenvalue weighted by atomic mass is 16.5. The van der Waals surface area contributed by atoms with Crippen LogP contribution in [0.5, 0.6) is 5.88 Å². The summed E-state index contributed by atoms with van der Waals surface area (Å²) in [5.41, 5.74) is 1.36. The number of pyridine rings is 1. The van der Waals surface area contributed by atoms with Gasteiger partial charge in [0.1, 0.15) is 5.69 Å². The van der Waals surface area contributed by atoms with Gasteiger partial charge >= 0.3 is 0 Å². The molecule has 0 aliphatic carbocycles. The minimum atomic E-state index is 0.419. The molecular weight excluding hydrogens is 206 g/mol. The molecule has 82 valence electrons. The number of hydrogen-bond acceptors (Lipinski definition) is 4. The van der Waals surface area contributed by atoms with E-state index in [9.17, 15) is 4.79 Å². The fourth-order valence-electron chi connectivity index (χ4n) is 1.45. The Morgan fingerprint density at radius 2 is 2.38 bits per heavy atom.